The molecule has 2 aromatic heterocycles. The first-order chi connectivity index (χ1) is 13.3. The molecule has 10 heteroatoms. The topological polar surface area (TPSA) is 64.9 Å². The molecule has 2 aliphatic carbocycles. The van der Waals surface area contributed by atoms with Crippen LogP contribution in [0.25, 0.3) is 0 Å². The molecule has 28 heavy (non-hydrogen) atoms. The number of hydrogen-bond donors (Lipinski definition) is 1. The fourth-order valence-corrected chi connectivity index (χ4v) is 3.59. The number of halogens is 4. The van der Waals surface area contributed by atoms with Crippen LogP contribution in [0.4, 0.5) is 19.0 Å². The van der Waals surface area contributed by atoms with Crippen LogP contribution < -0.4 is 10.1 Å². The summed E-state index contributed by atoms with van der Waals surface area (Å²) in [5, 5.41) is 7.17. The van der Waals surface area contributed by atoms with Crippen LogP contribution >= 0.6 is 11.6 Å². The molecule has 2 heterocycles. The normalized spacial score (nSPS) is 22.5. The number of aromatic nitrogens is 4. The lowest BCUT2D eigenvalue weighted by molar-refractivity contribution is -0.137. The van der Waals surface area contributed by atoms with Crippen molar-refractivity contribution in [2.24, 2.45) is 5.92 Å². The van der Waals surface area contributed by atoms with Crippen LogP contribution in [-0.4, -0.2) is 32.4 Å². The Morgan fingerprint density at radius 1 is 1.29 bits per heavy atom. The van der Waals surface area contributed by atoms with Crippen molar-refractivity contribution in [3.8, 4) is 5.75 Å². The molecule has 0 aromatic carbocycles. The Labute approximate surface area is 165 Å². The van der Waals surface area contributed by atoms with Gasteiger partial charge in [-0.15, -0.1) is 0 Å². The zero-order valence-electron chi connectivity index (χ0n) is 15.3. The molecule has 2 aromatic rings. The summed E-state index contributed by atoms with van der Waals surface area (Å²) in [5.74, 6) is 0.538. The Hall–Kier alpha value is -2.03. The van der Waals surface area contributed by atoms with Crippen LogP contribution in [0.5, 0.6) is 5.75 Å². The molecule has 0 amide bonds. The first kappa shape index (κ1) is 19.3. The van der Waals surface area contributed by atoms with Crippen LogP contribution in [-0.2, 0) is 6.18 Å². The molecule has 0 radical (unpaired) electrons. The van der Waals surface area contributed by atoms with Crippen molar-refractivity contribution >= 4 is 17.4 Å². The molecule has 0 bridgehead atoms. The maximum atomic E-state index is 13.2. The molecule has 6 nitrogen and oxygen atoms in total. The van der Waals surface area contributed by atoms with Crippen LogP contribution in [0.2, 0.25) is 5.28 Å². The molecule has 2 fully saturated rings. The molecule has 2 saturated carbocycles. The average molecular weight is 416 g/mol. The quantitative estimate of drug-likeness (QED) is 0.696. The van der Waals surface area contributed by atoms with Crippen LogP contribution in [0, 0.1) is 12.8 Å². The maximum absolute atomic E-state index is 13.2. The number of nitrogens with zero attached hydrogens (tertiary/aromatic N) is 4. The van der Waals surface area contributed by atoms with Crippen molar-refractivity contribution in [3.05, 3.63) is 28.9 Å². The molecule has 0 spiro atoms. The zero-order chi connectivity index (χ0) is 19.9. The van der Waals surface area contributed by atoms with E-state index in [2.05, 4.69) is 20.4 Å². The Balaban J connectivity index is 1.38. The van der Waals surface area contributed by atoms with E-state index < -0.39 is 11.7 Å². The summed E-state index contributed by atoms with van der Waals surface area (Å²) in [7, 11) is 0. The lowest BCUT2D eigenvalue weighted by Gasteiger charge is -2.37. The van der Waals surface area contributed by atoms with Gasteiger partial charge in [0, 0.05) is 18.2 Å². The largest absolute Gasteiger partial charge is 0.490 e. The summed E-state index contributed by atoms with van der Waals surface area (Å²) in [4.78, 5) is 7.19. The second-order valence-corrected chi connectivity index (χ2v) is 7.78. The third-order valence-corrected chi connectivity index (χ3v) is 5.76. The predicted molar refractivity (Wildman–Crippen MR) is 97.5 cm³/mol. The fourth-order valence-electron chi connectivity index (χ4n) is 3.45. The van der Waals surface area contributed by atoms with E-state index in [-0.39, 0.29) is 23.1 Å². The van der Waals surface area contributed by atoms with E-state index >= 15 is 0 Å². The van der Waals surface area contributed by atoms with Gasteiger partial charge in [0.1, 0.15) is 17.1 Å². The molecule has 0 saturated heterocycles. The number of ether oxygens (including phenoxy) is 1. The van der Waals surface area contributed by atoms with Crippen molar-refractivity contribution < 1.29 is 17.9 Å². The van der Waals surface area contributed by atoms with Gasteiger partial charge in [-0.25, -0.2) is 9.97 Å². The molecule has 4 rings (SSSR count). The van der Waals surface area contributed by atoms with Gasteiger partial charge in [0.2, 0.25) is 5.28 Å². The smallest absolute Gasteiger partial charge is 0.421 e. The number of aryl methyl sites for hydroxylation is 1. The van der Waals surface area contributed by atoms with E-state index in [1.165, 1.54) is 6.42 Å². The Morgan fingerprint density at radius 3 is 2.68 bits per heavy atom. The van der Waals surface area contributed by atoms with Gasteiger partial charge in [0.25, 0.3) is 0 Å². The number of nitrogens with one attached hydrogen (secondary N) is 1. The van der Waals surface area contributed by atoms with Gasteiger partial charge in [-0.05, 0) is 50.6 Å². The highest BCUT2D eigenvalue weighted by Crippen LogP contribution is 2.38. The molecule has 2 aliphatic rings. The minimum absolute atomic E-state index is 0.0845. The van der Waals surface area contributed by atoms with Gasteiger partial charge < -0.3 is 10.1 Å². The van der Waals surface area contributed by atoms with Gasteiger partial charge in [-0.1, -0.05) is 0 Å². The van der Waals surface area contributed by atoms with Crippen LogP contribution in [0.3, 0.4) is 0 Å². The predicted octanol–water partition coefficient (Wildman–Crippen LogP) is 4.65. The van der Waals surface area contributed by atoms with Gasteiger partial charge in [-0.2, -0.15) is 18.3 Å². The Bertz CT molecular complexity index is 852. The number of alkyl halides is 3. The highest BCUT2D eigenvalue weighted by Gasteiger charge is 2.38. The third kappa shape index (κ3) is 3.90. The minimum atomic E-state index is -4.55. The first-order valence-electron chi connectivity index (χ1n) is 9.36. The summed E-state index contributed by atoms with van der Waals surface area (Å²) >= 11 is 5.69. The Kier molecular flexibility index (Phi) is 5.11. The van der Waals surface area contributed by atoms with E-state index in [9.17, 15) is 13.2 Å². The van der Waals surface area contributed by atoms with Crippen molar-refractivity contribution in [2.45, 2.75) is 57.3 Å². The first-order valence-corrected chi connectivity index (χ1v) is 9.74. The molecule has 2 atom stereocenters. The van der Waals surface area contributed by atoms with Gasteiger partial charge in [0.15, 0.2) is 5.75 Å². The van der Waals surface area contributed by atoms with Gasteiger partial charge >= 0.3 is 6.18 Å². The highest BCUT2D eigenvalue weighted by atomic mass is 35.5. The van der Waals surface area contributed by atoms with Crippen LogP contribution in [0.1, 0.15) is 49.4 Å². The fraction of sp³-hybridized carbons (Fsp3) is 0.611. The second kappa shape index (κ2) is 7.42. The number of hydrogen-bond acceptors (Lipinski definition) is 5. The SMILES string of the molecule is Cc1nn(C2CCC2)cc1OC[C@H]1CC[C@H]1Nc1nc(Cl)ncc1C(F)(F)F. The molecule has 152 valence electrons. The monoisotopic (exact) mass is 415 g/mol. The summed E-state index contributed by atoms with van der Waals surface area (Å²) in [6.07, 6.45) is 3.20. The van der Waals surface area contributed by atoms with E-state index in [0.717, 1.165) is 37.1 Å². The van der Waals surface area contributed by atoms with E-state index in [4.69, 9.17) is 16.3 Å². The van der Waals surface area contributed by atoms with E-state index in [1.807, 2.05) is 17.8 Å². The maximum Gasteiger partial charge on any atom is 0.421 e. The molecular formula is C18H21ClF3N5O. The summed E-state index contributed by atoms with van der Waals surface area (Å²) < 4.78 is 47.4. The Morgan fingerprint density at radius 2 is 2.07 bits per heavy atom. The molecule has 0 unspecified atom stereocenters. The summed E-state index contributed by atoms with van der Waals surface area (Å²) in [5.41, 5.74) is -0.0845. The standard InChI is InChI=1S/C18H21ClF3N5O/c1-10-15(8-27(26-10)12-3-2-4-12)28-9-11-5-6-14(11)24-16-13(18(20,21)22)7-23-17(19)25-16/h7-8,11-12,14H,2-6,9H2,1H3,(H,23,24,25)/t11-,14-/m1/s1. The molecular weight excluding hydrogens is 395 g/mol. The van der Waals surface area contributed by atoms with Crippen molar-refractivity contribution in [1.82, 2.24) is 19.7 Å². The van der Waals surface area contributed by atoms with Gasteiger partial charge in [0.05, 0.1) is 18.8 Å². The van der Waals surface area contributed by atoms with E-state index in [0.29, 0.717) is 18.8 Å². The van der Waals surface area contributed by atoms with Crippen LogP contribution in [0.15, 0.2) is 12.4 Å². The molecule has 0 aliphatic heterocycles. The third-order valence-electron chi connectivity index (χ3n) is 5.58. The lowest BCUT2D eigenvalue weighted by Crippen LogP contribution is -2.42. The highest BCUT2D eigenvalue weighted by molar-refractivity contribution is 6.28. The number of rotatable bonds is 6. The van der Waals surface area contributed by atoms with Crippen molar-refractivity contribution in [2.75, 3.05) is 11.9 Å². The number of anilines is 1. The van der Waals surface area contributed by atoms with E-state index in [1.54, 1.807) is 0 Å². The molecule has 1 N–H and O–H groups in total. The summed E-state index contributed by atoms with van der Waals surface area (Å²) in [6, 6.07) is 0.298. The lowest BCUT2D eigenvalue weighted by atomic mass is 9.80. The van der Waals surface area contributed by atoms with Gasteiger partial charge in [-0.3, -0.25) is 4.68 Å². The zero-order valence-corrected chi connectivity index (χ0v) is 16.1. The van der Waals surface area contributed by atoms with Crippen molar-refractivity contribution in [3.63, 3.8) is 0 Å². The summed E-state index contributed by atoms with van der Waals surface area (Å²) in [6.45, 7) is 2.31. The second-order valence-electron chi connectivity index (χ2n) is 7.44. The van der Waals surface area contributed by atoms with Crippen molar-refractivity contribution in [1.29, 1.82) is 0 Å². The average Bonchev–Trinajstić information content (AvgIpc) is 2.89. The minimum Gasteiger partial charge on any atom is -0.490 e.